The van der Waals surface area contributed by atoms with Gasteiger partial charge in [-0.3, -0.25) is 9.48 Å². The zero-order valence-electron chi connectivity index (χ0n) is 10.8. The van der Waals surface area contributed by atoms with Crippen LogP contribution in [-0.2, 0) is 16.0 Å². The van der Waals surface area contributed by atoms with Crippen molar-refractivity contribution in [3.05, 3.63) is 11.9 Å². The fourth-order valence-corrected chi connectivity index (χ4v) is 1.45. The van der Waals surface area contributed by atoms with Gasteiger partial charge in [0.25, 0.3) is 5.91 Å². The predicted octanol–water partition coefficient (Wildman–Crippen LogP) is -0.122. The van der Waals surface area contributed by atoms with Crippen LogP contribution in [0, 0.1) is 0 Å². The lowest BCUT2D eigenvalue weighted by atomic mass is 10.3. The van der Waals surface area contributed by atoms with Gasteiger partial charge < -0.3 is 20.5 Å². The molecule has 0 saturated carbocycles. The van der Waals surface area contributed by atoms with E-state index in [1.165, 1.54) is 6.20 Å². The lowest BCUT2D eigenvalue weighted by molar-refractivity contribution is 0.0691. The van der Waals surface area contributed by atoms with E-state index in [9.17, 15) is 4.79 Å². The maximum absolute atomic E-state index is 11.9. The van der Waals surface area contributed by atoms with E-state index >= 15 is 0 Å². The molecule has 0 aliphatic heterocycles. The number of anilines is 1. The second kappa shape index (κ2) is 7.67. The summed E-state index contributed by atoms with van der Waals surface area (Å²) in [6.45, 7) is 4.43. The molecule has 0 spiro atoms. The van der Waals surface area contributed by atoms with Gasteiger partial charge in [-0.25, -0.2) is 0 Å². The molecular formula is C11H20N4O3. The third-order valence-corrected chi connectivity index (χ3v) is 2.35. The number of ether oxygens (including phenoxy) is 2. The van der Waals surface area contributed by atoms with Gasteiger partial charge in [0.1, 0.15) is 5.69 Å². The van der Waals surface area contributed by atoms with Crippen molar-refractivity contribution in [1.82, 2.24) is 15.1 Å². The first kappa shape index (κ1) is 14.5. The summed E-state index contributed by atoms with van der Waals surface area (Å²) in [6.07, 6.45) is 1.48. The summed E-state index contributed by atoms with van der Waals surface area (Å²) < 4.78 is 11.6. The molecule has 0 radical (unpaired) electrons. The van der Waals surface area contributed by atoms with E-state index in [0.29, 0.717) is 44.3 Å². The van der Waals surface area contributed by atoms with Crippen LogP contribution in [0.2, 0.25) is 0 Å². The Bertz CT molecular complexity index is 378. The van der Waals surface area contributed by atoms with Crippen LogP contribution in [0.25, 0.3) is 0 Å². The minimum Gasteiger partial charge on any atom is -0.396 e. The number of rotatable bonds is 8. The van der Waals surface area contributed by atoms with Crippen molar-refractivity contribution >= 4 is 11.6 Å². The summed E-state index contributed by atoms with van der Waals surface area (Å²) >= 11 is 0. The van der Waals surface area contributed by atoms with E-state index in [2.05, 4.69) is 10.4 Å². The first-order chi connectivity index (χ1) is 8.70. The van der Waals surface area contributed by atoms with Crippen molar-refractivity contribution in [1.29, 1.82) is 0 Å². The highest BCUT2D eigenvalue weighted by Crippen LogP contribution is 2.09. The molecule has 0 saturated heterocycles. The van der Waals surface area contributed by atoms with E-state index in [4.69, 9.17) is 15.2 Å². The van der Waals surface area contributed by atoms with E-state index in [-0.39, 0.29) is 5.91 Å². The first-order valence-electron chi connectivity index (χ1n) is 5.86. The number of carbonyl (C=O) groups is 1. The maximum Gasteiger partial charge on any atom is 0.271 e. The van der Waals surface area contributed by atoms with Gasteiger partial charge in [-0.2, -0.15) is 5.10 Å². The molecule has 1 aromatic heterocycles. The Kier molecular flexibility index (Phi) is 6.16. The van der Waals surface area contributed by atoms with Crippen molar-refractivity contribution in [2.45, 2.75) is 13.5 Å². The molecule has 0 unspecified atom stereocenters. The monoisotopic (exact) mass is 256 g/mol. The molecule has 1 rings (SSSR count). The molecule has 3 N–H and O–H groups in total. The standard InChI is InChI=1S/C11H20N4O3/c1-3-15-10(9(12)8-14-15)11(16)13-4-5-18-7-6-17-2/h8H,3-7,12H2,1-2H3,(H,13,16). The Labute approximate surface area is 106 Å². The molecule has 0 fully saturated rings. The maximum atomic E-state index is 11.9. The van der Waals surface area contributed by atoms with E-state index in [1.54, 1.807) is 11.8 Å². The van der Waals surface area contributed by atoms with Crippen molar-refractivity contribution in [2.24, 2.45) is 0 Å². The molecule has 1 aromatic rings. The van der Waals surface area contributed by atoms with Crippen LogP contribution in [0.4, 0.5) is 5.69 Å². The quantitative estimate of drug-likeness (QED) is 0.633. The average Bonchev–Trinajstić information content (AvgIpc) is 2.74. The molecule has 7 heteroatoms. The van der Waals surface area contributed by atoms with Gasteiger partial charge in [0.05, 0.1) is 31.7 Å². The van der Waals surface area contributed by atoms with E-state index in [0.717, 1.165) is 0 Å². The fourth-order valence-electron chi connectivity index (χ4n) is 1.45. The second-order valence-electron chi connectivity index (χ2n) is 3.63. The molecule has 0 aromatic carbocycles. The highest BCUT2D eigenvalue weighted by atomic mass is 16.5. The third-order valence-electron chi connectivity index (χ3n) is 2.35. The van der Waals surface area contributed by atoms with Crippen LogP contribution in [-0.4, -0.2) is 49.2 Å². The van der Waals surface area contributed by atoms with Crippen molar-refractivity contribution in [3.8, 4) is 0 Å². The van der Waals surface area contributed by atoms with Crippen LogP contribution < -0.4 is 11.1 Å². The van der Waals surface area contributed by atoms with Crippen LogP contribution in [0.15, 0.2) is 6.20 Å². The number of nitrogens with zero attached hydrogens (tertiary/aromatic N) is 2. The Balaban J connectivity index is 2.34. The minimum atomic E-state index is -0.234. The highest BCUT2D eigenvalue weighted by Gasteiger charge is 2.15. The average molecular weight is 256 g/mol. The van der Waals surface area contributed by atoms with Crippen molar-refractivity contribution in [3.63, 3.8) is 0 Å². The number of carbonyl (C=O) groups excluding carboxylic acids is 1. The fraction of sp³-hybridized carbons (Fsp3) is 0.636. The lowest BCUT2D eigenvalue weighted by Crippen LogP contribution is -2.30. The molecule has 0 atom stereocenters. The number of aromatic nitrogens is 2. The Morgan fingerprint density at radius 2 is 2.28 bits per heavy atom. The minimum absolute atomic E-state index is 0.234. The summed E-state index contributed by atoms with van der Waals surface area (Å²) in [5.74, 6) is -0.234. The van der Waals surface area contributed by atoms with Crippen LogP contribution >= 0.6 is 0 Å². The summed E-state index contributed by atoms with van der Waals surface area (Å²) in [5.41, 5.74) is 6.48. The third kappa shape index (κ3) is 4.01. The second-order valence-corrected chi connectivity index (χ2v) is 3.63. The lowest BCUT2D eigenvalue weighted by Gasteiger charge is -2.08. The Hall–Kier alpha value is -1.60. The molecule has 0 bridgehead atoms. The van der Waals surface area contributed by atoms with Crippen LogP contribution in [0.1, 0.15) is 17.4 Å². The number of hydrogen-bond acceptors (Lipinski definition) is 5. The number of amides is 1. The summed E-state index contributed by atoms with van der Waals surface area (Å²) in [7, 11) is 1.61. The van der Waals surface area contributed by atoms with Gasteiger partial charge in [0.15, 0.2) is 0 Å². The predicted molar refractivity (Wildman–Crippen MR) is 67.3 cm³/mol. The molecule has 1 heterocycles. The van der Waals surface area contributed by atoms with E-state index in [1.807, 2.05) is 6.92 Å². The van der Waals surface area contributed by atoms with Gasteiger partial charge in [0.2, 0.25) is 0 Å². The number of hydrogen-bond donors (Lipinski definition) is 2. The summed E-state index contributed by atoms with van der Waals surface area (Å²) in [5, 5.41) is 6.74. The van der Waals surface area contributed by atoms with Gasteiger partial charge >= 0.3 is 0 Å². The number of methoxy groups -OCH3 is 1. The molecular weight excluding hydrogens is 236 g/mol. The number of nitrogens with one attached hydrogen (secondary N) is 1. The normalized spacial score (nSPS) is 10.6. The smallest absolute Gasteiger partial charge is 0.271 e. The zero-order valence-corrected chi connectivity index (χ0v) is 10.8. The number of nitrogen functional groups attached to an aromatic ring is 1. The van der Waals surface area contributed by atoms with Gasteiger partial charge in [-0.1, -0.05) is 0 Å². The zero-order chi connectivity index (χ0) is 13.4. The largest absolute Gasteiger partial charge is 0.396 e. The molecule has 0 aliphatic carbocycles. The Morgan fingerprint density at radius 1 is 1.50 bits per heavy atom. The van der Waals surface area contributed by atoms with Crippen molar-refractivity contribution < 1.29 is 14.3 Å². The van der Waals surface area contributed by atoms with Crippen LogP contribution in [0.3, 0.4) is 0 Å². The highest BCUT2D eigenvalue weighted by molar-refractivity contribution is 5.97. The molecule has 0 aliphatic rings. The van der Waals surface area contributed by atoms with E-state index < -0.39 is 0 Å². The molecule has 102 valence electrons. The number of nitrogens with two attached hydrogens (primary N) is 1. The topological polar surface area (TPSA) is 91.4 Å². The molecule has 1 amide bonds. The summed E-state index contributed by atoms with van der Waals surface area (Å²) in [6, 6.07) is 0. The SMILES string of the molecule is CCn1ncc(N)c1C(=O)NCCOCCOC. The van der Waals surface area contributed by atoms with Gasteiger partial charge in [-0.15, -0.1) is 0 Å². The molecule has 18 heavy (non-hydrogen) atoms. The van der Waals surface area contributed by atoms with Crippen molar-refractivity contribution in [2.75, 3.05) is 39.2 Å². The summed E-state index contributed by atoms with van der Waals surface area (Å²) in [4.78, 5) is 11.9. The van der Waals surface area contributed by atoms with Gasteiger partial charge in [0, 0.05) is 20.2 Å². The first-order valence-corrected chi connectivity index (χ1v) is 5.86. The molecule has 7 nitrogen and oxygen atoms in total. The van der Waals surface area contributed by atoms with Crippen LogP contribution in [0.5, 0.6) is 0 Å². The number of aryl methyl sites for hydroxylation is 1. The van der Waals surface area contributed by atoms with Gasteiger partial charge in [-0.05, 0) is 6.92 Å². The Morgan fingerprint density at radius 3 is 2.94 bits per heavy atom.